The Kier molecular flexibility index (Phi) is 6.11. The quantitative estimate of drug-likeness (QED) is 0.452. The van der Waals surface area contributed by atoms with Crippen LogP contribution in [0, 0.1) is 6.92 Å². The van der Waals surface area contributed by atoms with Crippen LogP contribution in [-0.4, -0.2) is 26.6 Å². The molecule has 2 aromatic carbocycles. The number of carbonyl (C=O) groups excluding carboxylic acids is 2. The van der Waals surface area contributed by atoms with Gasteiger partial charge in [0.05, 0.1) is 26.2 Å². The van der Waals surface area contributed by atoms with E-state index in [0.717, 1.165) is 16.8 Å². The summed E-state index contributed by atoms with van der Waals surface area (Å²) in [6.07, 6.45) is 3.10. The van der Waals surface area contributed by atoms with E-state index in [1.54, 1.807) is 41.3 Å². The number of carbonyl (C=O) groups is 2. The first-order chi connectivity index (χ1) is 15.0. The van der Waals surface area contributed by atoms with Gasteiger partial charge in [0, 0.05) is 6.54 Å². The lowest BCUT2D eigenvalue weighted by Crippen LogP contribution is -2.22. The molecule has 0 unspecified atom stereocenters. The predicted molar refractivity (Wildman–Crippen MR) is 121 cm³/mol. The van der Waals surface area contributed by atoms with E-state index in [9.17, 15) is 9.59 Å². The normalized spacial score (nSPS) is 10.6. The molecule has 2 N–H and O–H groups in total. The average Bonchev–Trinajstić information content (AvgIpc) is 3.43. The van der Waals surface area contributed by atoms with Crippen LogP contribution in [0.3, 0.4) is 0 Å². The predicted octanol–water partition coefficient (Wildman–Crippen LogP) is 4.47. The molecule has 0 saturated carbocycles. The Bertz CT molecular complexity index is 1220. The molecule has 4 rings (SSSR count). The molecule has 2 heterocycles. The van der Waals surface area contributed by atoms with Crippen LogP contribution < -0.4 is 10.6 Å². The van der Waals surface area contributed by atoms with Gasteiger partial charge in [-0.15, -0.1) is 11.3 Å². The fourth-order valence-corrected chi connectivity index (χ4v) is 4.17. The van der Waals surface area contributed by atoms with Gasteiger partial charge < -0.3 is 10.6 Å². The van der Waals surface area contributed by atoms with Crippen LogP contribution in [0.25, 0.3) is 5.69 Å². The topological polar surface area (TPSA) is 88.9 Å². The van der Waals surface area contributed by atoms with Gasteiger partial charge in [-0.25, -0.2) is 9.67 Å². The summed E-state index contributed by atoms with van der Waals surface area (Å²) in [5, 5.41) is 10.8. The van der Waals surface area contributed by atoms with Gasteiger partial charge in [0.1, 0.15) is 12.7 Å². The lowest BCUT2D eigenvalue weighted by molar-refractivity contribution is 0.0953. The molecule has 2 aromatic heterocycles. The van der Waals surface area contributed by atoms with Crippen molar-refractivity contribution in [1.29, 1.82) is 0 Å². The molecular weight excluding hydrogens is 434 g/mol. The molecule has 0 saturated heterocycles. The van der Waals surface area contributed by atoms with Crippen molar-refractivity contribution in [1.82, 2.24) is 20.1 Å². The zero-order chi connectivity index (χ0) is 21.8. The Morgan fingerprint density at radius 1 is 1.10 bits per heavy atom. The van der Waals surface area contributed by atoms with Gasteiger partial charge in [-0.1, -0.05) is 35.9 Å². The van der Waals surface area contributed by atoms with Crippen molar-refractivity contribution in [2.75, 3.05) is 5.32 Å². The summed E-state index contributed by atoms with van der Waals surface area (Å²) < 4.78 is 1.66. The zero-order valence-corrected chi connectivity index (χ0v) is 18.1. The number of benzene rings is 2. The summed E-state index contributed by atoms with van der Waals surface area (Å²) in [5.41, 5.74) is 3.02. The Hall–Kier alpha value is -3.49. The van der Waals surface area contributed by atoms with E-state index in [0.29, 0.717) is 27.0 Å². The minimum absolute atomic E-state index is 0.193. The van der Waals surface area contributed by atoms with E-state index in [1.165, 1.54) is 17.7 Å². The van der Waals surface area contributed by atoms with Crippen LogP contribution in [0.5, 0.6) is 0 Å². The smallest absolute Gasteiger partial charge is 0.261 e. The van der Waals surface area contributed by atoms with Crippen molar-refractivity contribution >= 4 is 39.8 Å². The van der Waals surface area contributed by atoms with Gasteiger partial charge in [0.15, 0.2) is 0 Å². The molecule has 0 radical (unpaired) electrons. The molecule has 9 heteroatoms. The Morgan fingerprint density at radius 3 is 2.58 bits per heavy atom. The van der Waals surface area contributed by atoms with Crippen LogP contribution in [-0.2, 0) is 6.54 Å². The van der Waals surface area contributed by atoms with E-state index in [-0.39, 0.29) is 11.8 Å². The molecule has 0 bridgehead atoms. The second kappa shape index (κ2) is 9.11. The molecule has 0 fully saturated rings. The van der Waals surface area contributed by atoms with Crippen LogP contribution in [0.1, 0.15) is 31.2 Å². The van der Waals surface area contributed by atoms with E-state index >= 15 is 0 Å². The number of hydrogen-bond donors (Lipinski definition) is 2. The standard InChI is InChI=1S/C22H18ClN5O2S/c1-14-10-19(27-21(29)17-4-2-3-5-18(17)23)31-20(14)22(30)25-11-15-6-8-16(9-7-15)28-13-24-12-26-28/h2-10,12-13H,11H2,1H3,(H,25,30)(H,27,29). The molecule has 0 aliphatic heterocycles. The SMILES string of the molecule is Cc1cc(NC(=O)c2ccccc2Cl)sc1C(=O)NCc1ccc(-n2cncn2)cc1. The Balaban J connectivity index is 1.38. The van der Waals surface area contributed by atoms with Gasteiger partial charge in [0.2, 0.25) is 0 Å². The first-order valence-electron chi connectivity index (χ1n) is 9.40. The molecule has 0 atom stereocenters. The van der Waals surface area contributed by atoms with Gasteiger partial charge in [-0.05, 0) is 48.4 Å². The summed E-state index contributed by atoms with van der Waals surface area (Å²) in [6.45, 7) is 2.22. The number of rotatable bonds is 6. The molecule has 4 aromatic rings. The number of anilines is 1. The molecule has 2 amide bonds. The molecular formula is C22H18ClN5O2S. The van der Waals surface area contributed by atoms with E-state index in [1.807, 2.05) is 31.2 Å². The molecule has 0 aliphatic carbocycles. The van der Waals surface area contributed by atoms with E-state index < -0.39 is 0 Å². The van der Waals surface area contributed by atoms with Crippen molar-refractivity contribution in [3.05, 3.63) is 93.8 Å². The number of thiophene rings is 1. The van der Waals surface area contributed by atoms with Crippen LogP contribution >= 0.6 is 22.9 Å². The summed E-state index contributed by atoms with van der Waals surface area (Å²) in [4.78, 5) is 29.6. The van der Waals surface area contributed by atoms with Crippen molar-refractivity contribution in [2.24, 2.45) is 0 Å². The number of aromatic nitrogens is 3. The maximum absolute atomic E-state index is 12.7. The third-order valence-electron chi connectivity index (χ3n) is 4.55. The Labute approximate surface area is 187 Å². The van der Waals surface area contributed by atoms with Crippen molar-refractivity contribution < 1.29 is 9.59 Å². The fraction of sp³-hybridized carbons (Fsp3) is 0.0909. The van der Waals surface area contributed by atoms with Gasteiger partial charge in [0.25, 0.3) is 11.8 Å². The molecule has 31 heavy (non-hydrogen) atoms. The van der Waals surface area contributed by atoms with Gasteiger partial charge in [-0.2, -0.15) is 5.10 Å². The number of hydrogen-bond acceptors (Lipinski definition) is 5. The largest absolute Gasteiger partial charge is 0.347 e. The molecule has 7 nitrogen and oxygen atoms in total. The Morgan fingerprint density at radius 2 is 1.87 bits per heavy atom. The lowest BCUT2D eigenvalue weighted by atomic mass is 10.2. The summed E-state index contributed by atoms with van der Waals surface area (Å²) >= 11 is 7.31. The summed E-state index contributed by atoms with van der Waals surface area (Å²) in [7, 11) is 0. The highest BCUT2D eigenvalue weighted by Gasteiger charge is 2.16. The van der Waals surface area contributed by atoms with Gasteiger partial charge in [-0.3, -0.25) is 9.59 Å². The first kappa shape index (κ1) is 20.8. The second-order valence-corrected chi connectivity index (χ2v) is 8.21. The van der Waals surface area contributed by atoms with Gasteiger partial charge >= 0.3 is 0 Å². The number of halogens is 1. The molecule has 156 valence electrons. The zero-order valence-electron chi connectivity index (χ0n) is 16.5. The minimum atomic E-state index is -0.314. The fourth-order valence-electron chi connectivity index (χ4n) is 2.96. The number of aryl methyl sites for hydroxylation is 1. The molecule has 0 spiro atoms. The number of nitrogens with zero attached hydrogens (tertiary/aromatic N) is 3. The highest BCUT2D eigenvalue weighted by molar-refractivity contribution is 7.18. The monoisotopic (exact) mass is 451 g/mol. The summed E-state index contributed by atoms with van der Waals surface area (Å²) in [6, 6.07) is 16.3. The van der Waals surface area contributed by atoms with Crippen molar-refractivity contribution in [3.8, 4) is 5.69 Å². The highest BCUT2D eigenvalue weighted by Crippen LogP contribution is 2.28. The minimum Gasteiger partial charge on any atom is -0.347 e. The third-order valence-corrected chi connectivity index (χ3v) is 6.03. The van der Waals surface area contributed by atoms with Crippen LogP contribution in [0.2, 0.25) is 5.02 Å². The van der Waals surface area contributed by atoms with Crippen LogP contribution in [0.4, 0.5) is 5.00 Å². The van der Waals surface area contributed by atoms with Crippen LogP contribution in [0.15, 0.2) is 67.3 Å². The van der Waals surface area contributed by atoms with E-state index in [4.69, 9.17) is 11.6 Å². The maximum atomic E-state index is 12.7. The maximum Gasteiger partial charge on any atom is 0.261 e. The van der Waals surface area contributed by atoms with Crippen molar-refractivity contribution in [3.63, 3.8) is 0 Å². The lowest BCUT2D eigenvalue weighted by Gasteiger charge is -2.06. The second-order valence-electron chi connectivity index (χ2n) is 6.75. The summed E-state index contributed by atoms with van der Waals surface area (Å²) in [5.74, 6) is -0.507. The average molecular weight is 452 g/mol. The molecule has 0 aliphatic rings. The van der Waals surface area contributed by atoms with E-state index in [2.05, 4.69) is 20.7 Å². The highest BCUT2D eigenvalue weighted by atomic mass is 35.5. The first-order valence-corrected chi connectivity index (χ1v) is 10.6. The number of nitrogens with one attached hydrogen (secondary N) is 2. The third kappa shape index (κ3) is 4.82. The van der Waals surface area contributed by atoms with Crippen molar-refractivity contribution in [2.45, 2.75) is 13.5 Å². The number of amides is 2.